The topological polar surface area (TPSA) is 0 Å². The van der Waals surface area contributed by atoms with Crippen molar-refractivity contribution in [3.05, 3.63) is 0 Å². The zero-order valence-electron chi connectivity index (χ0n) is 14.5. The molecule has 2 aliphatic rings. The number of hydrogen-bond donors (Lipinski definition) is 0. The summed E-state index contributed by atoms with van der Waals surface area (Å²) >= 11 is 0. The van der Waals surface area contributed by atoms with Gasteiger partial charge in [0, 0.05) is 5.92 Å². The lowest BCUT2D eigenvalue weighted by Gasteiger charge is -2.67. The standard InChI is InChI=1S/C13H26N.C5H12/c1-5-9-14(4)10-13(7-6-8-13)12(14)11(2)3;1-3-5-4-2/h11-12H,5-10H2,1-4H3;3-5H2,1-2H3/q+1;. The first kappa shape index (κ1) is 17.0. The van der Waals surface area contributed by atoms with Crippen LogP contribution in [0.4, 0.5) is 0 Å². The van der Waals surface area contributed by atoms with Crippen LogP contribution in [-0.4, -0.2) is 30.7 Å². The highest BCUT2D eigenvalue weighted by molar-refractivity contribution is 5.02. The lowest BCUT2D eigenvalue weighted by molar-refractivity contribution is -1.00. The normalized spacial score (nSPS) is 31.4. The van der Waals surface area contributed by atoms with Crippen LogP contribution in [-0.2, 0) is 0 Å². The molecule has 2 unspecified atom stereocenters. The van der Waals surface area contributed by atoms with Gasteiger partial charge < -0.3 is 4.48 Å². The van der Waals surface area contributed by atoms with E-state index in [1.54, 1.807) is 0 Å². The Morgan fingerprint density at radius 2 is 1.63 bits per heavy atom. The minimum atomic E-state index is 0.790. The Kier molecular flexibility index (Phi) is 6.36. The summed E-state index contributed by atoms with van der Waals surface area (Å²) in [5, 5.41) is 0. The largest absolute Gasteiger partial charge is 0.322 e. The Hall–Kier alpha value is -0.0400. The second kappa shape index (κ2) is 7.11. The summed E-state index contributed by atoms with van der Waals surface area (Å²) in [6.07, 6.45) is 9.96. The molecule has 1 aliphatic carbocycles. The van der Waals surface area contributed by atoms with E-state index in [2.05, 4.69) is 41.7 Å². The van der Waals surface area contributed by atoms with E-state index in [0.717, 1.165) is 17.4 Å². The van der Waals surface area contributed by atoms with Gasteiger partial charge in [-0.3, -0.25) is 0 Å². The fourth-order valence-corrected chi connectivity index (χ4v) is 5.05. The van der Waals surface area contributed by atoms with Crippen LogP contribution in [0, 0.1) is 11.3 Å². The third kappa shape index (κ3) is 3.54. The number of quaternary nitrogens is 1. The predicted molar refractivity (Wildman–Crippen MR) is 86.3 cm³/mol. The second-order valence-electron chi connectivity index (χ2n) is 7.62. The molecule has 0 amide bonds. The van der Waals surface area contributed by atoms with Crippen LogP contribution in [0.5, 0.6) is 0 Å². The van der Waals surface area contributed by atoms with E-state index in [9.17, 15) is 0 Å². The van der Waals surface area contributed by atoms with Gasteiger partial charge in [-0.05, 0) is 19.3 Å². The fourth-order valence-electron chi connectivity index (χ4n) is 5.05. The molecule has 0 aromatic heterocycles. The van der Waals surface area contributed by atoms with Crippen LogP contribution >= 0.6 is 0 Å². The molecule has 114 valence electrons. The van der Waals surface area contributed by atoms with Crippen molar-refractivity contribution in [2.24, 2.45) is 11.3 Å². The second-order valence-corrected chi connectivity index (χ2v) is 7.62. The number of likely N-dealkylation sites (tertiary alicyclic amines) is 1. The maximum Gasteiger partial charge on any atom is 0.102 e. The van der Waals surface area contributed by atoms with Gasteiger partial charge in [0.05, 0.1) is 25.6 Å². The van der Waals surface area contributed by atoms with Crippen molar-refractivity contribution in [3.63, 3.8) is 0 Å². The Labute approximate surface area is 122 Å². The van der Waals surface area contributed by atoms with Crippen molar-refractivity contribution in [3.8, 4) is 0 Å². The summed E-state index contributed by atoms with van der Waals surface area (Å²) < 4.78 is 1.37. The van der Waals surface area contributed by atoms with Crippen LogP contribution in [0.2, 0.25) is 0 Å². The number of unbranched alkanes of at least 4 members (excludes halogenated alkanes) is 2. The first-order chi connectivity index (χ1) is 8.95. The molecule has 0 radical (unpaired) electrons. The van der Waals surface area contributed by atoms with E-state index in [1.165, 1.54) is 62.5 Å². The average Bonchev–Trinajstić information content (AvgIpc) is 2.25. The Morgan fingerprint density at radius 1 is 1.05 bits per heavy atom. The van der Waals surface area contributed by atoms with E-state index < -0.39 is 0 Å². The monoisotopic (exact) mass is 268 g/mol. The average molecular weight is 269 g/mol. The van der Waals surface area contributed by atoms with Gasteiger partial charge in [0.15, 0.2) is 0 Å². The van der Waals surface area contributed by atoms with Crippen molar-refractivity contribution in [1.82, 2.24) is 0 Å². The van der Waals surface area contributed by atoms with Crippen LogP contribution in [0.1, 0.15) is 79.6 Å². The van der Waals surface area contributed by atoms with Gasteiger partial charge in [0.25, 0.3) is 0 Å². The molecule has 1 nitrogen and oxygen atoms in total. The molecule has 0 aromatic rings. The lowest BCUT2D eigenvalue weighted by atomic mass is 9.54. The van der Waals surface area contributed by atoms with Crippen LogP contribution in [0.25, 0.3) is 0 Å². The molecular weight excluding hydrogens is 230 g/mol. The van der Waals surface area contributed by atoms with Gasteiger partial charge in [-0.2, -0.15) is 0 Å². The summed E-state index contributed by atoms with van der Waals surface area (Å²) in [7, 11) is 2.48. The molecule has 1 saturated carbocycles. The molecule has 2 fully saturated rings. The smallest absolute Gasteiger partial charge is 0.102 e. The van der Waals surface area contributed by atoms with Crippen molar-refractivity contribution >= 4 is 0 Å². The van der Waals surface area contributed by atoms with Gasteiger partial charge in [-0.25, -0.2) is 0 Å². The molecule has 0 N–H and O–H groups in total. The summed E-state index contributed by atoms with van der Waals surface area (Å²) in [5.74, 6) is 0.876. The number of hydrogen-bond acceptors (Lipinski definition) is 0. The van der Waals surface area contributed by atoms with Crippen molar-refractivity contribution in [2.75, 3.05) is 20.1 Å². The molecular formula is C18H38N+. The van der Waals surface area contributed by atoms with Gasteiger partial charge in [-0.15, -0.1) is 0 Å². The molecule has 0 bridgehead atoms. The van der Waals surface area contributed by atoms with Crippen LogP contribution in [0.3, 0.4) is 0 Å². The summed E-state index contributed by atoms with van der Waals surface area (Å²) in [4.78, 5) is 0. The Balaban J connectivity index is 0.000000312. The van der Waals surface area contributed by atoms with Crippen LogP contribution < -0.4 is 0 Å². The maximum absolute atomic E-state index is 2.48. The SMILES string of the molecule is CCCCC.CCC[N+]1(C)CC2(CCC2)C1C(C)C. The van der Waals surface area contributed by atoms with E-state index in [-0.39, 0.29) is 0 Å². The molecule has 2 atom stereocenters. The van der Waals surface area contributed by atoms with Crippen molar-refractivity contribution in [2.45, 2.75) is 85.6 Å². The van der Waals surface area contributed by atoms with Gasteiger partial charge in [0.1, 0.15) is 6.04 Å². The molecule has 1 saturated heterocycles. The Bertz CT molecular complexity index is 252. The van der Waals surface area contributed by atoms with Crippen molar-refractivity contribution < 1.29 is 4.48 Å². The molecule has 2 rings (SSSR count). The van der Waals surface area contributed by atoms with Gasteiger partial charge >= 0.3 is 0 Å². The minimum Gasteiger partial charge on any atom is -0.322 e. The summed E-state index contributed by atoms with van der Waals surface area (Å²) in [6, 6.07) is 0.969. The van der Waals surface area contributed by atoms with E-state index in [1.807, 2.05) is 0 Å². The highest BCUT2D eigenvalue weighted by Gasteiger charge is 2.65. The first-order valence-corrected chi connectivity index (χ1v) is 8.80. The third-order valence-electron chi connectivity index (χ3n) is 5.40. The molecule has 0 aromatic carbocycles. The van der Waals surface area contributed by atoms with Gasteiger partial charge in [0.2, 0.25) is 0 Å². The summed E-state index contributed by atoms with van der Waals surface area (Å²) in [6.45, 7) is 14.5. The van der Waals surface area contributed by atoms with E-state index in [4.69, 9.17) is 0 Å². The highest BCUT2D eigenvalue weighted by atomic mass is 15.4. The lowest BCUT2D eigenvalue weighted by Crippen LogP contribution is -2.78. The molecule has 1 heterocycles. The molecule has 1 spiro atoms. The van der Waals surface area contributed by atoms with Crippen LogP contribution in [0.15, 0.2) is 0 Å². The number of nitrogens with zero attached hydrogens (tertiary/aromatic N) is 1. The van der Waals surface area contributed by atoms with E-state index >= 15 is 0 Å². The minimum absolute atomic E-state index is 0.790. The third-order valence-corrected chi connectivity index (χ3v) is 5.40. The zero-order valence-corrected chi connectivity index (χ0v) is 14.5. The number of rotatable bonds is 5. The molecule has 19 heavy (non-hydrogen) atoms. The Morgan fingerprint density at radius 3 is 1.89 bits per heavy atom. The van der Waals surface area contributed by atoms with Crippen molar-refractivity contribution in [1.29, 1.82) is 0 Å². The van der Waals surface area contributed by atoms with E-state index in [0.29, 0.717) is 0 Å². The predicted octanol–water partition coefficient (Wildman–Crippen LogP) is 5.25. The quantitative estimate of drug-likeness (QED) is 0.598. The zero-order chi connectivity index (χ0) is 14.5. The highest BCUT2D eigenvalue weighted by Crippen LogP contribution is 2.58. The first-order valence-electron chi connectivity index (χ1n) is 8.80. The fraction of sp³-hybridized carbons (Fsp3) is 1.00. The molecule has 1 aliphatic heterocycles. The summed E-state index contributed by atoms with van der Waals surface area (Å²) in [5.41, 5.74) is 0.790. The van der Waals surface area contributed by atoms with Gasteiger partial charge in [-0.1, -0.05) is 60.3 Å². The molecule has 1 heteroatoms. The maximum atomic E-state index is 2.48.